The smallest absolute Gasteiger partial charge is 0.105 e. The van der Waals surface area contributed by atoms with Crippen LogP contribution in [0.1, 0.15) is 30.2 Å². The number of terminal acetylenes is 1. The Morgan fingerprint density at radius 3 is 3.26 bits per heavy atom. The Kier molecular flexibility index (Phi) is 3.61. The first kappa shape index (κ1) is 13.5. The zero-order valence-corrected chi connectivity index (χ0v) is 12.7. The number of rotatable bonds is 1. The Hall–Kier alpha value is -0.530. The van der Waals surface area contributed by atoms with Crippen molar-refractivity contribution in [2.45, 2.75) is 37.8 Å². The van der Waals surface area contributed by atoms with Crippen LogP contribution in [0.25, 0.3) is 0 Å². The second-order valence-corrected chi connectivity index (χ2v) is 7.16. The maximum atomic E-state index is 6.22. The summed E-state index contributed by atoms with van der Waals surface area (Å²) in [5, 5.41) is 0. The molecule has 2 aliphatic heterocycles. The molecule has 1 saturated heterocycles. The zero-order valence-electron chi connectivity index (χ0n) is 11.1. The predicted octanol–water partition coefficient (Wildman–Crippen LogP) is 3.29. The van der Waals surface area contributed by atoms with Crippen molar-refractivity contribution in [3.8, 4) is 12.3 Å². The fourth-order valence-corrected chi connectivity index (χ4v) is 4.81. The van der Waals surface area contributed by atoms with Crippen LogP contribution in [-0.2, 0) is 16.8 Å². The molecule has 1 aromatic rings. The molecular formula is C15H18ClNOS. The van der Waals surface area contributed by atoms with E-state index in [0.717, 1.165) is 43.3 Å². The number of hydrogen-bond acceptors (Lipinski definition) is 3. The summed E-state index contributed by atoms with van der Waals surface area (Å²) in [5.41, 5.74) is 1.27. The van der Waals surface area contributed by atoms with E-state index >= 15 is 0 Å². The number of fused-ring (bicyclic) bond motifs is 2. The van der Waals surface area contributed by atoms with Gasteiger partial charge >= 0.3 is 0 Å². The molecule has 1 aromatic heterocycles. The Morgan fingerprint density at radius 2 is 2.53 bits per heavy atom. The monoisotopic (exact) mass is 295 g/mol. The van der Waals surface area contributed by atoms with Crippen molar-refractivity contribution >= 4 is 22.9 Å². The molecule has 0 radical (unpaired) electrons. The van der Waals surface area contributed by atoms with E-state index in [-0.39, 0.29) is 5.60 Å². The molecule has 0 saturated carbocycles. The van der Waals surface area contributed by atoms with Gasteiger partial charge in [-0.15, -0.1) is 17.8 Å². The van der Waals surface area contributed by atoms with Gasteiger partial charge in [-0.05, 0) is 37.8 Å². The minimum absolute atomic E-state index is 0.115. The van der Waals surface area contributed by atoms with E-state index in [1.54, 1.807) is 11.3 Å². The van der Waals surface area contributed by atoms with Crippen LogP contribution >= 0.6 is 22.9 Å². The molecule has 3 heterocycles. The Balaban J connectivity index is 1.88. The SMILES string of the molecule is C#CCN1CC[C@]2(C[C@@H]1C)OCCc1cc(Cl)sc12. The lowest BCUT2D eigenvalue weighted by Crippen LogP contribution is -2.50. The third-order valence-electron chi connectivity index (χ3n) is 4.29. The highest BCUT2D eigenvalue weighted by Crippen LogP contribution is 2.47. The molecule has 1 spiro atoms. The Bertz CT molecular complexity index is 521. The van der Waals surface area contributed by atoms with E-state index in [4.69, 9.17) is 22.8 Å². The molecule has 0 amide bonds. The van der Waals surface area contributed by atoms with Gasteiger partial charge in [-0.3, -0.25) is 4.90 Å². The predicted molar refractivity (Wildman–Crippen MR) is 79.8 cm³/mol. The van der Waals surface area contributed by atoms with Gasteiger partial charge < -0.3 is 4.74 Å². The molecular weight excluding hydrogens is 278 g/mol. The van der Waals surface area contributed by atoms with Crippen LogP contribution in [0.15, 0.2) is 6.07 Å². The highest BCUT2D eigenvalue weighted by Gasteiger charge is 2.44. The Labute approximate surface area is 123 Å². The number of thiophene rings is 1. The highest BCUT2D eigenvalue weighted by atomic mass is 35.5. The molecule has 4 heteroatoms. The zero-order chi connectivity index (χ0) is 13.5. The molecule has 0 bridgehead atoms. The normalized spacial score (nSPS) is 31.1. The van der Waals surface area contributed by atoms with Gasteiger partial charge in [-0.1, -0.05) is 17.5 Å². The van der Waals surface area contributed by atoms with E-state index in [0.29, 0.717) is 6.04 Å². The van der Waals surface area contributed by atoms with Crippen molar-refractivity contribution in [3.63, 3.8) is 0 Å². The summed E-state index contributed by atoms with van der Waals surface area (Å²) >= 11 is 7.89. The Morgan fingerprint density at radius 1 is 1.68 bits per heavy atom. The van der Waals surface area contributed by atoms with E-state index in [1.807, 2.05) is 0 Å². The number of likely N-dealkylation sites (tertiary alicyclic amines) is 1. The third kappa shape index (κ3) is 2.32. The lowest BCUT2D eigenvalue weighted by atomic mass is 9.82. The minimum atomic E-state index is -0.115. The largest absolute Gasteiger partial charge is 0.369 e. The number of ether oxygens (including phenoxy) is 1. The van der Waals surface area contributed by atoms with E-state index in [9.17, 15) is 0 Å². The fourth-order valence-electron chi connectivity index (χ4n) is 3.33. The quantitative estimate of drug-likeness (QED) is 0.737. The lowest BCUT2D eigenvalue weighted by Gasteiger charge is -2.46. The van der Waals surface area contributed by atoms with E-state index < -0.39 is 0 Å². The average molecular weight is 296 g/mol. The van der Waals surface area contributed by atoms with Crippen molar-refractivity contribution in [1.29, 1.82) is 0 Å². The molecule has 2 aliphatic rings. The van der Waals surface area contributed by atoms with Crippen LogP contribution in [-0.4, -0.2) is 30.6 Å². The summed E-state index contributed by atoms with van der Waals surface area (Å²) in [4.78, 5) is 3.72. The summed E-state index contributed by atoms with van der Waals surface area (Å²) in [6.07, 6.45) is 8.45. The molecule has 0 unspecified atom stereocenters. The molecule has 19 heavy (non-hydrogen) atoms. The van der Waals surface area contributed by atoms with Crippen LogP contribution in [0.4, 0.5) is 0 Å². The number of nitrogens with zero attached hydrogens (tertiary/aromatic N) is 1. The van der Waals surface area contributed by atoms with Crippen LogP contribution in [0.2, 0.25) is 4.34 Å². The average Bonchev–Trinajstić information content (AvgIpc) is 2.76. The van der Waals surface area contributed by atoms with Crippen LogP contribution < -0.4 is 0 Å². The van der Waals surface area contributed by atoms with Crippen molar-refractivity contribution in [3.05, 3.63) is 20.8 Å². The molecule has 2 nitrogen and oxygen atoms in total. The van der Waals surface area contributed by atoms with Gasteiger partial charge in [-0.25, -0.2) is 0 Å². The fraction of sp³-hybridized carbons (Fsp3) is 0.600. The second kappa shape index (κ2) is 5.10. The number of piperidine rings is 1. The van der Waals surface area contributed by atoms with E-state index in [1.165, 1.54) is 10.4 Å². The van der Waals surface area contributed by atoms with Gasteiger partial charge in [0, 0.05) is 17.5 Å². The summed E-state index contributed by atoms with van der Waals surface area (Å²) in [7, 11) is 0. The summed E-state index contributed by atoms with van der Waals surface area (Å²) in [6, 6.07) is 2.57. The van der Waals surface area contributed by atoms with Crippen molar-refractivity contribution < 1.29 is 4.74 Å². The van der Waals surface area contributed by atoms with E-state index in [2.05, 4.69) is 23.8 Å². The third-order valence-corrected chi connectivity index (χ3v) is 5.78. The summed E-state index contributed by atoms with van der Waals surface area (Å²) in [6.45, 7) is 4.78. The lowest BCUT2D eigenvalue weighted by molar-refractivity contribution is -0.107. The van der Waals surface area contributed by atoms with Gasteiger partial charge in [0.2, 0.25) is 0 Å². The van der Waals surface area contributed by atoms with Crippen LogP contribution in [0.5, 0.6) is 0 Å². The summed E-state index contributed by atoms with van der Waals surface area (Å²) < 4.78 is 7.10. The molecule has 3 rings (SSSR count). The molecule has 2 atom stereocenters. The minimum Gasteiger partial charge on any atom is -0.369 e. The molecule has 102 valence electrons. The van der Waals surface area contributed by atoms with Crippen molar-refractivity contribution in [2.24, 2.45) is 0 Å². The first-order valence-corrected chi connectivity index (χ1v) is 7.94. The summed E-state index contributed by atoms with van der Waals surface area (Å²) in [5.74, 6) is 2.75. The molecule has 1 fully saturated rings. The number of halogens is 1. The topological polar surface area (TPSA) is 12.5 Å². The maximum absolute atomic E-state index is 6.22. The van der Waals surface area contributed by atoms with Gasteiger partial charge in [0.1, 0.15) is 5.60 Å². The van der Waals surface area contributed by atoms with Gasteiger partial charge in [-0.2, -0.15) is 0 Å². The number of hydrogen-bond donors (Lipinski definition) is 0. The molecule has 0 aliphatic carbocycles. The van der Waals surface area contributed by atoms with Crippen LogP contribution in [0.3, 0.4) is 0 Å². The second-order valence-electron chi connectivity index (χ2n) is 5.48. The highest BCUT2D eigenvalue weighted by molar-refractivity contribution is 7.16. The first-order valence-electron chi connectivity index (χ1n) is 6.75. The van der Waals surface area contributed by atoms with Crippen molar-refractivity contribution in [2.75, 3.05) is 19.7 Å². The first-order chi connectivity index (χ1) is 9.14. The molecule has 0 N–H and O–H groups in total. The maximum Gasteiger partial charge on any atom is 0.105 e. The van der Waals surface area contributed by atoms with Gasteiger partial charge in [0.25, 0.3) is 0 Å². The van der Waals surface area contributed by atoms with Gasteiger partial charge in [0.05, 0.1) is 17.5 Å². The molecule has 0 aromatic carbocycles. The van der Waals surface area contributed by atoms with Crippen molar-refractivity contribution in [1.82, 2.24) is 4.90 Å². The standard InChI is InChI=1S/C15H18ClNOS/c1-3-6-17-7-5-15(10-11(17)2)14-12(4-8-18-15)9-13(16)19-14/h1,9,11H,4-8,10H2,2H3/t11-,15+/m0/s1. The van der Waals surface area contributed by atoms with Gasteiger partial charge in [0.15, 0.2) is 0 Å². The van der Waals surface area contributed by atoms with Crippen LogP contribution in [0, 0.1) is 12.3 Å².